The Morgan fingerprint density at radius 2 is 1.57 bits per heavy atom. The molecular formula is C30H28F4O. The first-order valence-electron chi connectivity index (χ1n) is 11.9. The van der Waals surface area contributed by atoms with Gasteiger partial charge in [-0.05, 0) is 79.3 Å². The Kier molecular flexibility index (Phi) is 7.74. The Morgan fingerprint density at radius 3 is 2.23 bits per heavy atom. The first kappa shape index (κ1) is 24.8. The van der Waals surface area contributed by atoms with Gasteiger partial charge in [-0.3, -0.25) is 0 Å². The van der Waals surface area contributed by atoms with Crippen molar-refractivity contribution in [1.82, 2.24) is 0 Å². The Bertz CT molecular complexity index is 1240. The van der Waals surface area contributed by atoms with Crippen LogP contribution in [0, 0.1) is 29.2 Å². The van der Waals surface area contributed by atoms with Gasteiger partial charge < -0.3 is 4.74 Å². The topological polar surface area (TPSA) is 9.23 Å². The van der Waals surface area contributed by atoms with Crippen LogP contribution in [0.4, 0.5) is 17.6 Å². The summed E-state index contributed by atoms with van der Waals surface area (Å²) >= 11 is 0. The first-order valence-corrected chi connectivity index (χ1v) is 11.9. The second-order valence-electron chi connectivity index (χ2n) is 8.77. The van der Waals surface area contributed by atoms with E-state index < -0.39 is 23.3 Å². The van der Waals surface area contributed by atoms with Crippen LogP contribution in [0.2, 0.25) is 0 Å². The highest BCUT2D eigenvalue weighted by Crippen LogP contribution is 2.34. The van der Waals surface area contributed by atoms with Crippen molar-refractivity contribution in [3.05, 3.63) is 107 Å². The highest BCUT2D eigenvalue weighted by Gasteiger charge is 2.20. The Morgan fingerprint density at radius 1 is 0.857 bits per heavy atom. The van der Waals surface area contributed by atoms with E-state index in [-0.39, 0.29) is 17.9 Å². The minimum Gasteiger partial charge on any atom is -0.491 e. The van der Waals surface area contributed by atoms with Crippen LogP contribution in [-0.4, -0.2) is 6.61 Å². The Hall–Kier alpha value is -3.34. The van der Waals surface area contributed by atoms with Crippen LogP contribution in [0.25, 0.3) is 16.7 Å². The van der Waals surface area contributed by atoms with Crippen molar-refractivity contribution < 1.29 is 22.3 Å². The van der Waals surface area contributed by atoms with Gasteiger partial charge in [-0.2, -0.15) is 4.39 Å². The molecule has 0 radical (unpaired) electrons. The van der Waals surface area contributed by atoms with Crippen LogP contribution in [-0.2, 0) is 12.8 Å². The van der Waals surface area contributed by atoms with Crippen molar-refractivity contribution >= 4 is 5.57 Å². The van der Waals surface area contributed by atoms with Crippen LogP contribution in [0.3, 0.4) is 0 Å². The standard InChI is InChI=1S/C30H28F4O/c1-3-19-5-10-21(11-6-19)24-16-15-23(27(31)28(24)32)14-9-20-7-12-22(13-8-20)25-17-18-26(35-4-2)30(34)29(25)33/h3,7-8,10,12-13,15-19H,1,4-6,9,11,14H2,2H3. The summed E-state index contributed by atoms with van der Waals surface area (Å²) in [6, 6.07) is 13.2. The predicted molar refractivity (Wildman–Crippen MR) is 132 cm³/mol. The molecular weight excluding hydrogens is 452 g/mol. The molecule has 1 aliphatic rings. The molecule has 0 spiro atoms. The Balaban J connectivity index is 1.45. The van der Waals surface area contributed by atoms with E-state index >= 15 is 0 Å². The van der Waals surface area contributed by atoms with Crippen LogP contribution >= 0.6 is 0 Å². The molecule has 3 aromatic carbocycles. The fraction of sp³-hybridized carbons (Fsp3) is 0.267. The van der Waals surface area contributed by atoms with Crippen molar-refractivity contribution in [3.63, 3.8) is 0 Å². The molecule has 4 rings (SSSR count). The molecule has 3 aromatic rings. The highest BCUT2D eigenvalue weighted by molar-refractivity contribution is 5.67. The third-order valence-electron chi connectivity index (χ3n) is 6.59. The van der Waals surface area contributed by atoms with E-state index in [1.54, 1.807) is 43.3 Å². The van der Waals surface area contributed by atoms with Gasteiger partial charge >= 0.3 is 0 Å². The summed E-state index contributed by atoms with van der Waals surface area (Å²) in [6.07, 6.45) is 7.09. The molecule has 0 heterocycles. The lowest BCUT2D eigenvalue weighted by Crippen LogP contribution is -2.06. The average Bonchev–Trinajstić information content (AvgIpc) is 2.88. The molecule has 0 saturated heterocycles. The molecule has 0 aliphatic heterocycles. The molecule has 1 atom stereocenters. The average molecular weight is 481 g/mol. The van der Waals surface area contributed by atoms with E-state index in [0.29, 0.717) is 41.9 Å². The monoisotopic (exact) mass is 480 g/mol. The third kappa shape index (κ3) is 5.34. The molecule has 182 valence electrons. The van der Waals surface area contributed by atoms with E-state index in [4.69, 9.17) is 4.74 Å². The van der Waals surface area contributed by atoms with Gasteiger partial charge in [-0.15, -0.1) is 6.58 Å². The minimum atomic E-state index is -1.01. The Labute approximate surface area is 203 Å². The van der Waals surface area contributed by atoms with E-state index in [1.165, 1.54) is 12.1 Å². The van der Waals surface area contributed by atoms with Crippen LogP contribution in [0.15, 0.2) is 67.3 Å². The van der Waals surface area contributed by atoms with Crippen molar-refractivity contribution in [1.29, 1.82) is 0 Å². The molecule has 0 N–H and O–H groups in total. The largest absolute Gasteiger partial charge is 0.491 e. The van der Waals surface area contributed by atoms with Crippen molar-refractivity contribution in [2.75, 3.05) is 6.61 Å². The lowest BCUT2D eigenvalue weighted by atomic mass is 9.86. The maximum Gasteiger partial charge on any atom is 0.201 e. The predicted octanol–water partition coefficient (Wildman–Crippen LogP) is 8.46. The smallest absolute Gasteiger partial charge is 0.201 e. The summed E-state index contributed by atoms with van der Waals surface area (Å²) in [5, 5.41) is 0. The van der Waals surface area contributed by atoms with Gasteiger partial charge in [-0.25, -0.2) is 13.2 Å². The number of rotatable bonds is 8. The van der Waals surface area contributed by atoms with Crippen LogP contribution < -0.4 is 4.74 Å². The number of aryl methyl sites for hydroxylation is 2. The third-order valence-corrected chi connectivity index (χ3v) is 6.59. The SMILES string of the molecule is C=CC1CC=C(c2ccc(CCc3ccc(-c4ccc(OCC)c(F)c4F)cc3)c(F)c2F)CC1. The zero-order valence-corrected chi connectivity index (χ0v) is 19.7. The summed E-state index contributed by atoms with van der Waals surface area (Å²) in [5.74, 6) is -3.31. The summed E-state index contributed by atoms with van der Waals surface area (Å²) in [7, 11) is 0. The molecule has 5 heteroatoms. The van der Waals surface area contributed by atoms with Gasteiger partial charge in [0.25, 0.3) is 0 Å². The number of halogens is 4. The molecule has 1 aliphatic carbocycles. The van der Waals surface area contributed by atoms with Crippen molar-refractivity contribution in [2.45, 2.75) is 39.0 Å². The van der Waals surface area contributed by atoms with Gasteiger partial charge in [0.15, 0.2) is 23.2 Å². The van der Waals surface area contributed by atoms with E-state index in [1.807, 2.05) is 12.2 Å². The summed E-state index contributed by atoms with van der Waals surface area (Å²) < 4.78 is 63.4. The summed E-state index contributed by atoms with van der Waals surface area (Å²) in [6.45, 7) is 5.75. The van der Waals surface area contributed by atoms with Crippen LogP contribution in [0.5, 0.6) is 5.75 Å². The normalized spacial score (nSPS) is 15.6. The van der Waals surface area contributed by atoms with E-state index in [2.05, 4.69) is 6.58 Å². The molecule has 0 amide bonds. The number of allylic oxidation sites excluding steroid dienone is 3. The number of benzene rings is 3. The van der Waals surface area contributed by atoms with Gasteiger partial charge in [0.05, 0.1) is 6.61 Å². The molecule has 0 aromatic heterocycles. The molecule has 1 unspecified atom stereocenters. The molecule has 0 fully saturated rings. The molecule has 0 bridgehead atoms. The summed E-state index contributed by atoms with van der Waals surface area (Å²) in [4.78, 5) is 0. The van der Waals surface area contributed by atoms with Gasteiger partial charge in [0.2, 0.25) is 5.82 Å². The van der Waals surface area contributed by atoms with Gasteiger partial charge in [0, 0.05) is 11.1 Å². The van der Waals surface area contributed by atoms with E-state index in [0.717, 1.165) is 24.0 Å². The number of ether oxygens (including phenoxy) is 1. The quantitative estimate of drug-likeness (QED) is 0.232. The second kappa shape index (κ2) is 10.9. The minimum absolute atomic E-state index is 0.119. The number of hydrogen-bond acceptors (Lipinski definition) is 1. The first-order chi connectivity index (χ1) is 16.9. The maximum atomic E-state index is 14.8. The zero-order chi connectivity index (χ0) is 24.9. The lowest BCUT2D eigenvalue weighted by molar-refractivity contribution is 0.314. The van der Waals surface area contributed by atoms with Crippen molar-refractivity contribution in [2.24, 2.45) is 5.92 Å². The van der Waals surface area contributed by atoms with Crippen LogP contribution in [0.1, 0.15) is 42.9 Å². The molecule has 0 saturated carbocycles. The van der Waals surface area contributed by atoms with E-state index in [9.17, 15) is 17.6 Å². The second-order valence-corrected chi connectivity index (χ2v) is 8.77. The highest BCUT2D eigenvalue weighted by atomic mass is 19.2. The van der Waals surface area contributed by atoms with Gasteiger partial charge in [-0.1, -0.05) is 48.6 Å². The lowest BCUT2D eigenvalue weighted by Gasteiger charge is -2.20. The summed E-state index contributed by atoms with van der Waals surface area (Å²) in [5.41, 5.74) is 3.04. The maximum absolute atomic E-state index is 14.8. The fourth-order valence-corrected chi connectivity index (χ4v) is 4.50. The molecule has 1 nitrogen and oxygen atoms in total. The molecule has 35 heavy (non-hydrogen) atoms. The zero-order valence-electron chi connectivity index (χ0n) is 19.7. The fourth-order valence-electron chi connectivity index (χ4n) is 4.50. The number of hydrogen-bond donors (Lipinski definition) is 0. The van der Waals surface area contributed by atoms with Crippen molar-refractivity contribution in [3.8, 4) is 16.9 Å². The van der Waals surface area contributed by atoms with Gasteiger partial charge in [0.1, 0.15) is 0 Å².